The maximum absolute atomic E-state index is 12.8. The maximum atomic E-state index is 12.8. The highest BCUT2D eigenvalue weighted by Gasteiger charge is 2.22. The summed E-state index contributed by atoms with van der Waals surface area (Å²) in [7, 11) is 5.45. The van der Waals surface area contributed by atoms with Crippen LogP contribution < -0.4 is 16.4 Å². The van der Waals surface area contributed by atoms with Crippen molar-refractivity contribution in [3.05, 3.63) is 59.1 Å². The standard InChI is InChI=1S/C27H39N7O3/c1-8-22-18(3)30-26(24(32-22)25(28)36)31-21-12-9-11-20(16-21)15-17(2)29-27(37)19(4)34(7)23(35)13-10-14-33(5)6/h9-13,16-17,19H,8,14-15H2,1-7H3,(H2,28,36)(H,29,37)(H,30,31)/b13-10+/t17-,19-/m0/s1. The Morgan fingerprint density at radius 1 is 1.14 bits per heavy atom. The number of anilines is 2. The van der Waals surface area contributed by atoms with E-state index in [1.807, 2.05) is 64.0 Å². The number of aryl methyl sites for hydroxylation is 2. The van der Waals surface area contributed by atoms with Crippen molar-refractivity contribution < 1.29 is 14.4 Å². The lowest BCUT2D eigenvalue weighted by Gasteiger charge is -2.25. The predicted octanol–water partition coefficient (Wildman–Crippen LogP) is 2.20. The molecule has 37 heavy (non-hydrogen) atoms. The summed E-state index contributed by atoms with van der Waals surface area (Å²) in [5.41, 5.74) is 8.77. The molecule has 10 nitrogen and oxygen atoms in total. The normalized spacial score (nSPS) is 12.9. The third-order valence-electron chi connectivity index (χ3n) is 5.90. The number of nitrogens with two attached hydrogens (primary N) is 1. The third-order valence-corrected chi connectivity index (χ3v) is 5.90. The first-order valence-corrected chi connectivity index (χ1v) is 12.3. The Hall–Kier alpha value is -3.79. The number of amides is 3. The monoisotopic (exact) mass is 509 g/mol. The van der Waals surface area contributed by atoms with Crippen LogP contribution in [0.2, 0.25) is 0 Å². The van der Waals surface area contributed by atoms with Gasteiger partial charge in [0, 0.05) is 31.4 Å². The molecule has 0 spiro atoms. The van der Waals surface area contributed by atoms with E-state index in [4.69, 9.17) is 5.73 Å². The first-order chi connectivity index (χ1) is 17.4. The minimum absolute atomic E-state index is 0.0951. The highest BCUT2D eigenvalue weighted by atomic mass is 16.2. The SMILES string of the molecule is CCc1nc(C(N)=O)c(Nc2cccc(C[C@H](C)NC(=O)[C@H](C)N(C)C(=O)/C=C/CN(C)C)c2)nc1C. The first-order valence-electron chi connectivity index (χ1n) is 12.3. The lowest BCUT2D eigenvalue weighted by molar-refractivity contribution is -0.135. The van der Waals surface area contributed by atoms with Gasteiger partial charge in [0.05, 0.1) is 11.4 Å². The van der Waals surface area contributed by atoms with E-state index in [0.717, 1.165) is 22.6 Å². The molecule has 0 aliphatic carbocycles. The van der Waals surface area contributed by atoms with Crippen LogP contribution in [-0.2, 0) is 22.4 Å². The highest BCUT2D eigenvalue weighted by Crippen LogP contribution is 2.21. The van der Waals surface area contributed by atoms with Crippen molar-refractivity contribution in [1.82, 2.24) is 25.1 Å². The highest BCUT2D eigenvalue weighted by molar-refractivity contribution is 5.96. The van der Waals surface area contributed by atoms with Gasteiger partial charge in [-0.05, 0) is 65.4 Å². The molecule has 2 rings (SSSR count). The molecule has 0 saturated heterocycles. The van der Waals surface area contributed by atoms with Crippen molar-refractivity contribution in [2.75, 3.05) is 33.0 Å². The second-order valence-electron chi connectivity index (χ2n) is 9.40. The van der Waals surface area contributed by atoms with E-state index in [1.54, 1.807) is 20.0 Å². The molecule has 1 aromatic heterocycles. The largest absolute Gasteiger partial charge is 0.364 e. The van der Waals surface area contributed by atoms with Gasteiger partial charge in [-0.1, -0.05) is 25.1 Å². The number of carbonyl (C=O) groups excluding carboxylic acids is 3. The van der Waals surface area contributed by atoms with E-state index in [2.05, 4.69) is 20.6 Å². The third kappa shape index (κ3) is 8.68. The van der Waals surface area contributed by atoms with Crippen LogP contribution in [0.5, 0.6) is 0 Å². The minimum atomic E-state index is -0.650. The Labute approximate surface area is 219 Å². The van der Waals surface area contributed by atoms with Crippen molar-refractivity contribution in [1.29, 1.82) is 0 Å². The topological polar surface area (TPSA) is 134 Å². The minimum Gasteiger partial charge on any atom is -0.364 e. The van der Waals surface area contributed by atoms with Gasteiger partial charge in [-0.15, -0.1) is 0 Å². The number of nitrogens with zero attached hydrogens (tertiary/aromatic N) is 4. The number of likely N-dealkylation sites (N-methyl/N-ethyl adjacent to an activating group) is 2. The van der Waals surface area contributed by atoms with Gasteiger partial charge in [0.25, 0.3) is 5.91 Å². The summed E-state index contributed by atoms with van der Waals surface area (Å²) in [6.45, 7) is 8.04. The van der Waals surface area contributed by atoms with Crippen LogP contribution >= 0.6 is 0 Å². The number of benzene rings is 1. The fourth-order valence-corrected chi connectivity index (χ4v) is 3.68. The summed E-state index contributed by atoms with van der Waals surface area (Å²) in [5, 5.41) is 6.14. The van der Waals surface area contributed by atoms with Crippen molar-refractivity contribution in [3.63, 3.8) is 0 Å². The van der Waals surface area contributed by atoms with Crippen molar-refractivity contribution in [2.45, 2.75) is 52.6 Å². The average Bonchev–Trinajstić information content (AvgIpc) is 2.82. The van der Waals surface area contributed by atoms with Crippen LogP contribution in [0, 0.1) is 6.92 Å². The Balaban J connectivity index is 2.04. The molecule has 0 fully saturated rings. The molecule has 10 heteroatoms. The molecule has 2 aromatic rings. The number of primary amides is 1. The van der Waals surface area contributed by atoms with E-state index in [-0.39, 0.29) is 23.6 Å². The van der Waals surface area contributed by atoms with Crippen molar-refractivity contribution in [3.8, 4) is 0 Å². The number of carbonyl (C=O) groups is 3. The summed E-state index contributed by atoms with van der Waals surface area (Å²) in [4.78, 5) is 49.3. The van der Waals surface area contributed by atoms with Crippen LogP contribution in [-0.4, -0.2) is 77.3 Å². The van der Waals surface area contributed by atoms with E-state index < -0.39 is 11.9 Å². The molecule has 0 saturated carbocycles. The molecule has 0 aliphatic rings. The molecule has 3 amide bonds. The van der Waals surface area contributed by atoms with E-state index in [1.165, 1.54) is 11.0 Å². The quantitative estimate of drug-likeness (QED) is 0.374. The van der Waals surface area contributed by atoms with Gasteiger partial charge in [0.1, 0.15) is 6.04 Å². The van der Waals surface area contributed by atoms with E-state index in [0.29, 0.717) is 25.2 Å². The average molecular weight is 510 g/mol. The smallest absolute Gasteiger partial charge is 0.271 e. The Kier molecular flexibility index (Phi) is 10.7. The van der Waals surface area contributed by atoms with Crippen LogP contribution in [0.3, 0.4) is 0 Å². The fraction of sp³-hybridized carbons (Fsp3) is 0.444. The van der Waals surface area contributed by atoms with Crippen molar-refractivity contribution >= 4 is 29.2 Å². The molecule has 200 valence electrons. The van der Waals surface area contributed by atoms with Gasteiger partial charge in [-0.2, -0.15) is 0 Å². The predicted molar refractivity (Wildman–Crippen MR) is 146 cm³/mol. The fourth-order valence-electron chi connectivity index (χ4n) is 3.68. The summed E-state index contributed by atoms with van der Waals surface area (Å²) in [6.07, 6.45) is 4.46. The lowest BCUT2D eigenvalue weighted by atomic mass is 10.1. The summed E-state index contributed by atoms with van der Waals surface area (Å²) in [5.74, 6) is -0.798. The molecule has 4 N–H and O–H groups in total. The van der Waals surface area contributed by atoms with E-state index >= 15 is 0 Å². The first kappa shape index (κ1) is 29.4. The summed E-state index contributed by atoms with van der Waals surface area (Å²) >= 11 is 0. The van der Waals surface area contributed by atoms with Gasteiger partial charge < -0.3 is 26.2 Å². The zero-order valence-electron chi connectivity index (χ0n) is 22.8. The number of aromatic nitrogens is 2. The number of rotatable bonds is 12. The van der Waals surface area contributed by atoms with Gasteiger partial charge in [-0.3, -0.25) is 14.4 Å². The van der Waals surface area contributed by atoms with Crippen LogP contribution in [0.4, 0.5) is 11.5 Å². The second kappa shape index (κ2) is 13.5. The number of hydrogen-bond donors (Lipinski definition) is 3. The molecule has 0 bridgehead atoms. The molecule has 0 radical (unpaired) electrons. The Bertz CT molecular complexity index is 1150. The zero-order valence-corrected chi connectivity index (χ0v) is 22.8. The summed E-state index contributed by atoms with van der Waals surface area (Å²) in [6, 6.07) is 6.82. The maximum Gasteiger partial charge on any atom is 0.271 e. The molecule has 2 atom stereocenters. The van der Waals surface area contributed by atoms with Gasteiger partial charge >= 0.3 is 0 Å². The molecule has 1 aromatic carbocycles. The lowest BCUT2D eigenvalue weighted by Crippen LogP contribution is -2.48. The van der Waals surface area contributed by atoms with Crippen LogP contribution in [0.25, 0.3) is 0 Å². The van der Waals surface area contributed by atoms with E-state index in [9.17, 15) is 14.4 Å². The second-order valence-corrected chi connectivity index (χ2v) is 9.40. The zero-order chi connectivity index (χ0) is 27.7. The number of nitrogens with one attached hydrogen (secondary N) is 2. The molecular weight excluding hydrogens is 470 g/mol. The molecular formula is C27H39N7O3. The van der Waals surface area contributed by atoms with Gasteiger partial charge in [0.15, 0.2) is 11.5 Å². The summed E-state index contributed by atoms with van der Waals surface area (Å²) < 4.78 is 0. The van der Waals surface area contributed by atoms with Crippen LogP contribution in [0.1, 0.15) is 48.2 Å². The van der Waals surface area contributed by atoms with Gasteiger partial charge in [-0.25, -0.2) is 9.97 Å². The van der Waals surface area contributed by atoms with Crippen molar-refractivity contribution in [2.24, 2.45) is 5.73 Å². The number of hydrogen-bond acceptors (Lipinski definition) is 7. The molecule has 0 unspecified atom stereocenters. The molecule has 1 heterocycles. The Morgan fingerprint density at radius 2 is 1.84 bits per heavy atom. The Morgan fingerprint density at radius 3 is 2.46 bits per heavy atom. The van der Waals surface area contributed by atoms with Crippen LogP contribution in [0.15, 0.2) is 36.4 Å². The van der Waals surface area contributed by atoms with Gasteiger partial charge in [0.2, 0.25) is 11.8 Å². The molecule has 0 aliphatic heterocycles.